The maximum Gasteiger partial charge on any atom is 0.381 e. The van der Waals surface area contributed by atoms with E-state index >= 15 is 0 Å². The van der Waals surface area contributed by atoms with Crippen molar-refractivity contribution in [2.24, 2.45) is 0 Å². The molecule has 0 aliphatic rings. The van der Waals surface area contributed by atoms with Gasteiger partial charge in [0.1, 0.15) is 6.20 Å². The van der Waals surface area contributed by atoms with E-state index in [0.29, 0.717) is 37.7 Å². The van der Waals surface area contributed by atoms with Crippen LogP contribution in [-0.4, -0.2) is 75.4 Å². The van der Waals surface area contributed by atoms with Crippen LogP contribution in [0.2, 0.25) is 0 Å². The molecule has 1 rings (SSSR count). The van der Waals surface area contributed by atoms with Crippen LogP contribution in [0.4, 0.5) is 5.82 Å². The minimum atomic E-state index is -0.580. The molecule has 1 aromatic rings. The van der Waals surface area contributed by atoms with E-state index in [1.54, 1.807) is 4.90 Å². The van der Waals surface area contributed by atoms with E-state index < -0.39 is 4.92 Å². The zero-order valence-corrected chi connectivity index (χ0v) is 15.4. The molecule has 1 aromatic heterocycles. The van der Waals surface area contributed by atoms with Crippen molar-refractivity contribution in [3.63, 3.8) is 0 Å². The first-order valence-corrected chi connectivity index (χ1v) is 8.86. The van der Waals surface area contributed by atoms with Crippen molar-refractivity contribution in [1.82, 2.24) is 25.1 Å². The van der Waals surface area contributed by atoms with E-state index in [1.807, 2.05) is 0 Å². The summed E-state index contributed by atoms with van der Waals surface area (Å²) < 4.78 is 1.52. The molecule has 0 aromatic carbocycles. The van der Waals surface area contributed by atoms with Gasteiger partial charge in [-0.05, 0) is 9.91 Å². The number of hydrogen-bond acceptors (Lipinski definition) is 8. The van der Waals surface area contributed by atoms with Crippen molar-refractivity contribution in [2.75, 3.05) is 44.2 Å². The highest BCUT2D eigenvalue weighted by Gasteiger charge is 2.14. The first-order chi connectivity index (χ1) is 12.0. The number of imidazole rings is 1. The van der Waals surface area contributed by atoms with Crippen molar-refractivity contribution in [3.8, 4) is 0 Å². The molecule has 140 valence electrons. The first-order valence-electron chi connectivity index (χ1n) is 7.60. The summed E-state index contributed by atoms with van der Waals surface area (Å²) in [6, 6.07) is 0. The van der Waals surface area contributed by atoms with Crippen LogP contribution in [0, 0.1) is 10.1 Å². The average molecular weight is 390 g/mol. The van der Waals surface area contributed by atoms with Crippen LogP contribution >= 0.6 is 25.3 Å². The molecule has 0 bridgehead atoms. The van der Waals surface area contributed by atoms with E-state index in [4.69, 9.17) is 0 Å². The van der Waals surface area contributed by atoms with Crippen molar-refractivity contribution < 1.29 is 14.5 Å². The van der Waals surface area contributed by atoms with Crippen molar-refractivity contribution in [3.05, 3.63) is 22.6 Å². The average Bonchev–Trinajstić information content (AvgIpc) is 3.02. The van der Waals surface area contributed by atoms with E-state index in [2.05, 4.69) is 40.9 Å². The minimum Gasteiger partial charge on any atom is -0.358 e. The van der Waals surface area contributed by atoms with Gasteiger partial charge in [0.15, 0.2) is 0 Å². The predicted octanol–water partition coefficient (Wildman–Crippen LogP) is -0.815. The van der Waals surface area contributed by atoms with Crippen LogP contribution in [0.1, 0.15) is 0 Å². The molecule has 10 nitrogen and oxygen atoms in total. The zero-order valence-electron chi connectivity index (χ0n) is 13.6. The second-order valence-electron chi connectivity index (χ2n) is 5.08. The number of rotatable bonds is 12. The lowest BCUT2D eigenvalue weighted by Gasteiger charge is -2.20. The molecule has 0 fully saturated rings. The second-order valence-corrected chi connectivity index (χ2v) is 5.98. The summed E-state index contributed by atoms with van der Waals surface area (Å²) in [7, 11) is 0. The predicted molar refractivity (Wildman–Crippen MR) is 99.0 cm³/mol. The SMILES string of the molecule is O=C(CN(CCS)CC(=O)NCCn1cnc([N+](=O)[O-])c1)NCCS. The lowest BCUT2D eigenvalue weighted by atomic mass is 10.4. The highest BCUT2D eigenvalue weighted by Crippen LogP contribution is 2.04. The molecule has 25 heavy (non-hydrogen) atoms. The number of thiol groups is 2. The Balaban J connectivity index is 2.35. The number of nitro groups is 1. The van der Waals surface area contributed by atoms with Crippen LogP contribution in [0.15, 0.2) is 12.5 Å². The van der Waals surface area contributed by atoms with Gasteiger partial charge in [0.05, 0.1) is 13.1 Å². The molecule has 0 radical (unpaired) electrons. The molecule has 2 N–H and O–H groups in total. The Hall–Kier alpha value is -1.79. The Morgan fingerprint density at radius 3 is 2.36 bits per heavy atom. The molecule has 0 aliphatic heterocycles. The first kappa shape index (κ1) is 21.3. The fourth-order valence-corrected chi connectivity index (χ4v) is 2.35. The standard InChI is InChI=1S/C13H22N6O4S2/c20-12(8-17(4-6-25)9-13(21)15-2-5-24)14-1-3-18-7-11(16-10-18)19(22)23/h7,10,24-25H,1-6,8-9H2,(H,14,20)(H,15,21). The molecule has 0 atom stereocenters. The molecule has 2 amide bonds. The van der Waals surface area contributed by atoms with Gasteiger partial charge in [-0.3, -0.25) is 14.5 Å². The third-order valence-electron chi connectivity index (χ3n) is 3.08. The Labute approximate surface area is 156 Å². The topological polar surface area (TPSA) is 122 Å². The summed E-state index contributed by atoms with van der Waals surface area (Å²) in [6.45, 7) is 1.81. The van der Waals surface area contributed by atoms with E-state index in [9.17, 15) is 19.7 Å². The quantitative estimate of drug-likeness (QED) is 0.210. The number of carbonyl (C=O) groups excluding carboxylic acids is 2. The van der Waals surface area contributed by atoms with Gasteiger partial charge in [0.2, 0.25) is 18.1 Å². The molecule has 0 spiro atoms. The monoisotopic (exact) mass is 390 g/mol. The van der Waals surface area contributed by atoms with Gasteiger partial charge in [-0.15, -0.1) is 0 Å². The Morgan fingerprint density at radius 2 is 1.84 bits per heavy atom. The molecular weight excluding hydrogens is 368 g/mol. The van der Waals surface area contributed by atoms with Crippen LogP contribution in [0.25, 0.3) is 0 Å². The summed E-state index contributed by atoms with van der Waals surface area (Å²) in [5.74, 6) is 0.420. The number of aromatic nitrogens is 2. The summed E-state index contributed by atoms with van der Waals surface area (Å²) in [5.41, 5.74) is 0. The van der Waals surface area contributed by atoms with Gasteiger partial charge in [-0.25, -0.2) is 0 Å². The van der Waals surface area contributed by atoms with E-state index in [1.165, 1.54) is 17.1 Å². The third kappa shape index (κ3) is 8.74. The number of nitrogens with one attached hydrogen (secondary N) is 2. The number of nitrogens with zero attached hydrogens (tertiary/aromatic N) is 4. The van der Waals surface area contributed by atoms with Gasteiger partial charge in [0, 0.05) is 37.7 Å². The largest absolute Gasteiger partial charge is 0.381 e. The van der Waals surface area contributed by atoms with Crippen molar-refractivity contribution >= 4 is 42.9 Å². The Morgan fingerprint density at radius 1 is 1.20 bits per heavy atom. The fraction of sp³-hybridized carbons (Fsp3) is 0.615. The molecule has 0 saturated heterocycles. The maximum atomic E-state index is 12.0. The normalized spacial score (nSPS) is 10.7. The van der Waals surface area contributed by atoms with E-state index in [0.717, 1.165) is 0 Å². The highest BCUT2D eigenvalue weighted by molar-refractivity contribution is 7.80. The summed E-state index contributed by atoms with van der Waals surface area (Å²) in [4.78, 5) is 39.0. The number of carbonyl (C=O) groups is 2. The minimum absolute atomic E-state index is 0.0684. The van der Waals surface area contributed by atoms with Gasteiger partial charge in [-0.2, -0.15) is 25.3 Å². The Kier molecular flexibility index (Phi) is 9.96. The summed E-state index contributed by atoms with van der Waals surface area (Å²) >= 11 is 8.15. The molecular formula is C13H22N6O4S2. The number of hydrogen-bond donors (Lipinski definition) is 4. The van der Waals surface area contributed by atoms with Crippen LogP contribution < -0.4 is 10.6 Å². The van der Waals surface area contributed by atoms with Gasteiger partial charge in [0.25, 0.3) is 0 Å². The van der Waals surface area contributed by atoms with Crippen LogP contribution in [-0.2, 0) is 16.1 Å². The van der Waals surface area contributed by atoms with Gasteiger partial charge < -0.3 is 25.3 Å². The summed E-state index contributed by atoms with van der Waals surface area (Å²) in [6.07, 6.45) is 2.63. The zero-order chi connectivity index (χ0) is 18.7. The van der Waals surface area contributed by atoms with E-state index in [-0.39, 0.29) is 30.7 Å². The molecule has 0 saturated carbocycles. The fourth-order valence-electron chi connectivity index (χ4n) is 1.96. The molecule has 0 aliphatic carbocycles. The van der Waals surface area contributed by atoms with Crippen molar-refractivity contribution in [2.45, 2.75) is 6.54 Å². The molecule has 12 heteroatoms. The summed E-state index contributed by atoms with van der Waals surface area (Å²) in [5, 5.41) is 15.9. The van der Waals surface area contributed by atoms with Crippen molar-refractivity contribution in [1.29, 1.82) is 0 Å². The molecule has 1 heterocycles. The lowest BCUT2D eigenvalue weighted by Crippen LogP contribution is -2.44. The number of amides is 2. The maximum absolute atomic E-state index is 12.0. The third-order valence-corrected chi connectivity index (χ3v) is 3.51. The molecule has 0 unspecified atom stereocenters. The highest BCUT2D eigenvalue weighted by atomic mass is 32.1. The smallest absolute Gasteiger partial charge is 0.358 e. The second kappa shape index (κ2) is 11.7. The van der Waals surface area contributed by atoms with Crippen LogP contribution in [0.3, 0.4) is 0 Å². The lowest BCUT2D eigenvalue weighted by molar-refractivity contribution is -0.389. The van der Waals surface area contributed by atoms with Crippen LogP contribution in [0.5, 0.6) is 0 Å². The van der Waals surface area contributed by atoms with Gasteiger partial charge in [-0.1, -0.05) is 0 Å². The Bertz CT molecular complexity index is 583. The van der Waals surface area contributed by atoms with Gasteiger partial charge >= 0.3 is 5.82 Å².